The number of hydrogen-bond acceptors (Lipinski definition) is 2. The summed E-state index contributed by atoms with van der Waals surface area (Å²) in [6.45, 7) is 8.76. The number of pyridine rings is 1. The summed E-state index contributed by atoms with van der Waals surface area (Å²) in [6.07, 6.45) is 1.88. The van der Waals surface area contributed by atoms with Crippen LogP contribution in [0.5, 0.6) is 0 Å². The van der Waals surface area contributed by atoms with Crippen LogP contribution in [0.1, 0.15) is 38.1 Å². The van der Waals surface area contributed by atoms with E-state index >= 15 is 0 Å². The van der Waals surface area contributed by atoms with Gasteiger partial charge in [-0.2, -0.15) is 0 Å². The largest absolute Gasteiger partial charge is 0.311 e. The lowest BCUT2D eigenvalue weighted by molar-refractivity contribution is 0.281. The van der Waals surface area contributed by atoms with Gasteiger partial charge < -0.3 is 5.32 Å². The lowest BCUT2D eigenvalue weighted by Crippen LogP contribution is -2.30. The maximum absolute atomic E-state index is 4.41. The molecule has 1 heterocycles. The first-order valence-corrected chi connectivity index (χ1v) is 5.05. The van der Waals surface area contributed by atoms with Gasteiger partial charge in [-0.15, -0.1) is 0 Å². The molecule has 2 heteroatoms. The molecule has 1 aromatic rings. The predicted octanol–water partition coefficient (Wildman–Crippen LogP) is 2.70. The summed E-state index contributed by atoms with van der Waals surface area (Å²) in [7, 11) is 1.99. The molecule has 0 aliphatic rings. The number of nitrogens with zero attached hydrogens (tertiary/aromatic N) is 1. The van der Waals surface area contributed by atoms with Crippen LogP contribution < -0.4 is 5.32 Å². The van der Waals surface area contributed by atoms with Gasteiger partial charge in [-0.05, 0) is 37.1 Å². The van der Waals surface area contributed by atoms with Crippen LogP contribution in [0, 0.1) is 12.3 Å². The molecule has 1 N–H and O–H groups in total. The van der Waals surface area contributed by atoms with Crippen molar-refractivity contribution in [3.63, 3.8) is 0 Å². The van der Waals surface area contributed by atoms with Crippen LogP contribution in [-0.4, -0.2) is 12.0 Å². The summed E-state index contributed by atoms with van der Waals surface area (Å²) in [5.74, 6) is 0. The Labute approximate surface area is 86.8 Å². The van der Waals surface area contributed by atoms with E-state index in [4.69, 9.17) is 0 Å². The fourth-order valence-corrected chi connectivity index (χ4v) is 1.74. The highest BCUT2D eigenvalue weighted by atomic mass is 14.9. The molecule has 0 aromatic carbocycles. The molecule has 0 fully saturated rings. The van der Waals surface area contributed by atoms with Gasteiger partial charge in [0.1, 0.15) is 0 Å². The highest BCUT2D eigenvalue weighted by Crippen LogP contribution is 2.31. The Morgan fingerprint density at radius 3 is 2.43 bits per heavy atom. The molecule has 0 saturated carbocycles. The van der Waals surface area contributed by atoms with Gasteiger partial charge in [0.15, 0.2) is 0 Å². The van der Waals surface area contributed by atoms with Gasteiger partial charge in [0, 0.05) is 6.20 Å². The van der Waals surface area contributed by atoms with Crippen molar-refractivity contribution < 1.29 is 0 Å². The smallest absolute Gasteiger partial charge is 0.0581 e. The van der Waals surface area contributed by atoms with E-state index in [9.17, 15) is 0 Å². The fraction of sp³-hybridized carbons (Fsp3) is 0.583. The number of nitrogens with one attached hydrogen (secondary N) is 1. The van der Waals surface area contributed by atoms with Gasteiger partial charge in [0.05, 0.1) is 11.7 Å². The average molecular weight is 192 g/mol. The van der Waals surface area contributed by atoms with Gasteiger partial charge in [0.2, 0.25) is 0 Å². The number of hydrogen-bond donors (Lipinski definition) is 1. The SMILES string of the molecule is CNC(c1cc(C)ccn1)C(C)(C)C. The Morgan fingerprint density at radius 1 is 1.36 bits per heavy atom. The Hall–Kier alpha value is -0.890. The third-order valence-electron chi connectivity index (χ3n) is 2.39. The summed E-state index contributed by atoms with van der Waals surface area (Å²) in [5, 5.41) is 3.32. The fourth-order valence-electron chi connectivity index (χ4n) is 1.74. The lowest BCUT2D eigenvalue weighted by Gasteiger charge is -2.30. The van der Waals surface area contributed by atoms with E-state index in [1.54, 1.807) is 0 Å². The van der Waals surface area contributed by atoms with Crippen molar-refractivity contribution in [2.45, 2.75) is 33.7 Å². The third kappa shape index (κ3) is 2.55. The van der Waals surface area contributed by atoms with Crippen LogP contribution in [-0.2, 0) is 0 Å². The molecular formula is C12H20N2. The molecule has 14 heavy (non-hydrogen) atoms. The van der Waals surface area contributed by atoms with E-state index in [0.29, 0.717) is 6.04 Å². The summed E-state index contributed by atoms with van der Waals surface area (Å²) in [5.41, 5.74) is 2.58. The normalized spacial score (nSPS) is 14.1. The standard InChI is InChI=1S/C12H20N2/c1-9-6-7-14-10(8-9)11(13-5)12(2,3)4/h6-8,11,13H,1-5H3. The monoisotopic (exact) mass is 192 g/mol. The van der Waals surface area contributed by atoms with Crippen LogP contribution >= 0.6 is 0 Å². The molecule has 1 aromatic heterocycles. The van der Waals surface area contributed by atoms with Crippen molar-refractivity contribution in [3.05, 3.63) is 29.6 Å². The molecule has 0 aliphatic carbocycles. The second-order valence-corrected chi connectivity index (χ2v) is 4.85. The van der Waals surface area contributed by atoms with E-state index in [2.05, 4.69) is 44.1 Å². The van der Waals surface area contributed by atoms with Crippen LogP contribution in [0.25, 0.3) is 0 Å². The van der Waals surface area contributed by atoms with E-state index in [1.807, 2.05) is 19.3 Å². The summed E-state index contributed by atoms with van der Waals surface area (Å²) in [4.78, 5) is 4.41. The first-order chi connectivity index (χ1) is 6.45. The van der Waals surface area contributed by atoms with Crippen LogP contribution in [0.2, 0.25) is 0 Å². The van der Waals surface area contributed by atoms with Gasteiger partial charge in [-0.1, -0.05) is 20.8 Å². The highest BCUT2D eigenvalue weighted by molar-refractivity contribution is 5.18. The maximum atomic E-state index is 4.41. The molecule has 1 atom stereocenters. The van der Waals surface area contributed by atoms with E-state index in [1.165, 1.54) is 5.56 Å². The van der Waals surface area contributed by atoms with E-state index < -0.39 is 0 Å². The molecule has 0 amide bonds. The molecule has 0 saturated heterocycles. The highest BCUT2D eigenvalue weighted by Gasteiger charge is 2.25. The van der Waals surface area contributed by atoms with Gasteiger partial charge in [0.25, 0.3) is 0 Å². The van der Waals surface area contributed by atoms with E-state index in [-0.39, 0.29) is 5.41 Å². The molecule has 78 valence electrons. The molecule has 0 bridgehead atoms. The maximum Gasteiger partial charge on any atom is 0.0581 e. The van der Waals surface area contributed by atoms with Crippen molar-refractivity contribution in [2.24, 2.45) is 5.41 Å². The predicted molar refractivity (Wildman–Crippen MR) is 60.2 cm³/mol. The molecule has 0 radical (unpaired) electrons. The number of aromatic nitrogens is 1. The summed E-state index contributed by atoms with van der Waals surface area (Å²) in [6, 6.07) is 4.48. The van der Waals surface area contributed by atoms with Crippen molar-refractivity contribution in [3.8, 4) is 0 Å². The van der Waals surface area contributed by atoms with Gasteiger partial charge >= 0.3 is 0 Å². The van der Waals surface area contributed by atoms with Gasteiger partial charge in [-0.25, -0.2) is 0 Å². The Morgan fingerprint density at radius 2 is 2.00 bits per heavy atom. The Kier molecular flexibility index (Phi) is 3.27. The Balaban J connectivity index is 3.01. The first-order valence-electron chi connectivity index (χ1n) is 5.05. The number of rotatable bonds is 2. The molecule has 2 nitrogen and oxygen atoms in total. The minimum atomic E-state index is 0.190. The topological polar surface area (TPSA) is 24.9 Å². The summed E-state index contributed by atoms with van der Waals surface area (Å²) < 4.78 is 0. The Bertz CT molecular complexity index is 299. The zero-order valence-electron chi connectivity index (χ0n) is 9.76. The third-order valence-corrected chi connectivity index (χ3v) is 2.39. The summed E-state index contributed by atoms with van der Waals surface area (Å²) >= 11 is 0. The lowest BCUT2D eigenvalue weighted by atomic mass is 9.84. The zero-order chi connectivity index (χ0) is 10.8. The number of aryl methyl sites for hydroxylation is 1. The minimum absolute atomic E-state index is 0.190. The van der Waals surface area contributed by atoms with Crippen molar-refractivity contribution in [2.75, 3.05) is 7.05 Å². The minimum Gasteiger partial charge on any atom is -0.311 e. The molecule has 1 unspecified atom stereocenters. The average Bonchev–Trinajstić information content (AvgIpc) is 2.02. The first kappa shape index (κ1) is 11.2. The molecular weight excluding hydrogens is 172 g/mol. The van der Waals surface area contributed by atoms with Crippen molar-refractivity contribution >= 4 is 0 Å². The van der Waals surface area contributed by atoms with Crippen LogP contribution in [0.4, 0.5) is 0 Å². The molecule has 1 rings (SSSR count). The quantitative estimate of drug-likeness (QED) is 0.779. The van der Waals surface area contributed by atoms with Crippen molar-refractivity contribution in [1.29, 1.82) is 0 Å². The zero-order valence-corrected chi connectivity index (χ0v) is 9.76. The second-order valence-electron chi connectivity index (χ2n) is 4.85. The molecule has 0 spiro atoms. The van der Waals surface area contributed by atoms with Gasteiger partial charge in [-0.3, -0.25) is 4.98 Å². The van der Waals surface area contributed by atoms with Crippen LogP contribution in [0.15, 0.2) is 18.3 Å². The second kappa shape index (κ2) is 4.09. The van der Waals surface area contributed by atoms with Crippen LogP contribution in [0.3, 0.4) is 0 Å². The van der Waals surface area contributed by atoms with Crippen molar-refractivity contribution in [1.82, 2.24) is 10.3 Å². The molecule has 0 aliphatic heterocycles. The van der Waals surface area contributed by atoms with E-state index in [0.717, 1.165) is 5.69 Å².